The molecule has 1 fully saturated rings. The second-order valence-corrected chi connectivity index (χ2v) is 7.51. The van der Waals surface area contributed by atoms with Crippen molar-refractivity contribution in [3.63, 3.8) is 0 Å². The van der Waals surface area contributed by atoms with E-state index in [4.69, 9.17) is 9.47 Å². The summed E-state index contributed by atoms with van der Waals surface area (Å²) in [5, 5.41) is 8.38. The highest BCUT2D eigenvalue weighted by Crippen LogP contribution is 2.31. The molecule has 0 aliphatic carbocycles. The molecule has 144 valence electrons. The molecule has 0 unspecified atom stereocenters. The molecular formula is C18H19N7O2S. The molecule has 1 N–H and O–H groups in total. The lowest BCUT2D eigenvalue weighted by Gasteiger charge is -2.14. The minimum Gasteiger partial charge on any atom is -0.470 e. The van der Waals surface area contributed by atoms with Crippen molar-refractivity contribution in [3.05, 3.63) is 36.4 Å². The van der Waals surface area contributed by atoms with Gasteiger partial charge in [-0.25, -0.2) is 4.98 Å². The SMILES string of the molecule is Cc1cc(Nc2nc(O[C@@H]3CCOC3)c3c(ccn3-c3cnn(C)c3)n2)sn1. The van der Waals surface area contributed by atoms with Crippen LogP contribution in [0.4, 0.5) is 10.9 Å². The number of anilines is 2. The van der Waals surface area contributed by atoms with Crippen molar-refractivity contribution in [3.8, 4) is 11.6 Å². The van der Waals surface area contributed by atoms with Gasteiger partial charge in [0.1, 0.15) is 16.6 Å². The van der Waals surface area contributed by atoms with Crippen LogP contribution in [0.5, 0.6) is 5.88 Å². The van der Waals surface area contributed by atoms with Gasteiger partial charge in [-0.1, -0.05) is 0 Å². The topological polar surface area (TPSA) is 91.9 Å². The average molecular weight is 397 g/mol. The van der Waals surface area contributed by atoms with Crippen molar-refractivity contribution in [2.75, 3.05) is 18.5 Å². The maximum atomic E-state index is 6.22. The van der Waals surface area contributed by atoms with E-state index >= 15 is 0 Å². The Kier molecular flexibility index (Phi) is 4.21. The first-order valence-electron chi connectivity index (χ1n) is 8.98. The highest BCUT2D eigenvalue weighted by Gasteiger charge is 2.22. The van der Waals surface area contributed by atoms with Gasteiger partial charge in [-0.15, -0.1) is 0 Å². The Morgan fingerprint density at radius 2 is 2.29 bits per heavy atom. The first-order chi connectivity index (χ1) is 13.7. The van der Waals surface area contributed by atoms with E-state index in [9.17, 15) is 0 Å². The summed E-state index contributed by atoms with van der Waals surface area (Å²) in [6, 6.07) is 3.91. The van der Waals surface area contributed by atoms with E-state index in [0.717, 1.165) is 33.8 Å². The fourth-order valence-corrected chi connectivity index (χ4v) is 3.85. The minimum atomic E-state index is -0.0196. The van der Waals surface area contributed by atoms with Crippen LogP contribution in [0.15, 0.2) is 30.7 Å². The van der Waals surface area contributed by atoms with E-state index < -0.39 is 0 Å². The summed E-state index contributed by atoms with van der Waals surface area (Å²) in [6.45, 7) is 3.22. The maximum Gasteiger partial charge on any atom is 0.244 e. The number of nitrogens with zero attached hydrogens (tertiary/aromatic N) is 6. The summed E-state index contributed by atoms with van der Waals surface area (Å²) in [7, 11) is 1.89. The van der Waals surface area contributed by atoms with Crippen LogP contribution in [0.25, 0.3) is 16.7 Å². The Morgan fingerprint density at radius 3 is 3.00 bits per heavy atom. The van der Waals surface area contributed by atoms with Gasteiger partial charge in [0.2, 0.25) is 11.8 Å². The van der Waals surface area contributed by atoms with E-state index in [1.807, 2.05) is 43.1 Å². The van der Waals surface area contributed by atoms with Gasteiger partial charge in [-0.05, 0) is 30.6 Å². The third kappa shape index (κ3) is 3.20. The molecule has 0 saturated carbocycles. The molecule has 0 radical (unpaired) electrons. The first-order valence-corrected chi connectivity index (χ1v) is 9.76. The normalized spacial score (nSPS) is 16.7. The number of fused-ring (bicyclic) bond motifs is 1. The monoisotopic (exact) mass is 397 g/mol. The second kappa shape index (κ2) is 6.88. The number of nitrogens with one attached hydrogen (secondary N) is 1. The average Bonchev–Trinajstić information content (AvgIpc) is 3.43. The smallest absolute Gasteiger partial charge is 0.244 e. The molecule has 1 aliphatic heterocycles. The Hall–Kier alpha value is -2.98. The maximum absolute atomic E-state index is 6.22. The molecule has 0 bridgehead atoms. The summed E-state index contributed by atoms with van der Waals surface area (Å²) in [5.74, 6) is 1.01. The summed E-state index contributed by atoms with van der Waals surface area (Å²) < 4.78 is 19.7. The van der Waals surface area contributed by atoms with Gasteiger partial charge >= 0.3 is 0 Å². The fraction of sp³-hybridized carbons (Fsp3) is 0.333. The molecule has 1 saturated heterocycles. The number of hydrogen-bond acceptors (Lipinski definition) is 8. The van der Waals surface area contributed by atoms with E-state index in [-0.39, 0.29) is 6.10 Å². The van der Waals surface area contributed by atoms with Crippen LogP contribution in [-0.2, 0) is 11.8 Å². The molecular weight excluding hydrogens is 378 g/mol. The summed E-state index contributed by atoms with van der Waals surface area (Å²) in [6.07, 6.45) is 6.52. The molecule has 0 aromatic carbocycles. The van der Waals surface area contributed by atoms with E-state index in [0.29, 0.717) is 25.0 Å². The Labute approximate surface area is 165 Å². The third-order valence-corrected chi connectivity index (χ3v) is 5.30. The molecule has 5 rings (SSSR count). The number of hydrogen-bond donors (Lipinski definition) is 1. The van der Waals surface area contributed by atoms with Crippen LogP contribution in [-0.4, -0.2) is 48.0 Å². The van der Waals surface area contributed by atoms with Gasteiger partial charge in [0, 0.05) is 25.9 Å². The molecule has 9 nitrogen and oxygen atoms in total. The van der Waals surface area contributed by atoms with E-state index in [1.54, 1.807) is 10.9 Å². The van der Waals surface area contributed by atoms with Gasteiger partial charge in [0.05, 0.1) is 36.3 Å². The van der Waals surface area contributed by atoms with Crippen molar-refractivity contribution < 1.29 is 9.47 Å². The Morgan fingerprint density at radius 1 is 1.36 bits per heavy atom. The molecule has 10 heteroatoms. The molecule has 4 aromatic rings. The Bertz CT molecular complexity index is 1130. The number of rotatable bonds is 5. The largest absolute Gasteiger partial charge is 0.470 e. The minimum absolute atomic E-state index is 0.0196. The van der Waals surface area contributed by atoms with Crippen LogP contribution < -0.4 is 10.1 Å². The van der Waals surface area contributed by atoms with E-state index in [1.165, 1.54) is 11.5 Å². The van der Waals surface area contributed by atoms with Crippen molar-refractivity contribution >= 4 is 33.5 Å². The lowest BCUT2D eigenvalue weighted by molar-refractivity contribution is 0.139. The molecule has 0 amide bonds. The zero-order valence-electron chi connectivity index (χ0n) is 15.5. The molecule has 4 aromatic heterocycles. The van der Waals surface area contributed by atoms with Crippen molar-refractivity contribution in [2.24, 2.45) is 7.05 Å². The molecule has 5 heterocycles. The predicted octanol–water partition coefficient (Wildman–Crippen LogP) is 2.83. The predicted molar refractivity (Wildman–Crippen MR) is 106 cm³/mol. The quantitative estimate of drug-likeness (QED) is 0.554. The van der Waals surface area contributed by atoms with Crippen LogP contribution >= 0.6 is 11.5 Å². The lowest BCUT2D eigenvalue weighted by atomic mass is 10.3. The van der Waals surface area contributed by atoms with Gasteiger partial charge in [-0.2, -0.15) is 14.5 Å². The third-order valence-electron chi connectivity index (χ3n) is 4.50. The highest BCUT2D eigenvalue weighted by atomic mass is 32.1. The van der Waals surface area contributed by atoms with Crippen LogP contribution in [0.3, 0.4) is 0 Å². The fourth-order valence-electron chi connectivity index (χ4n) is 3.20. The zero-order chi connectivity index (χ0) is 19.1. The number of ether oxygens (including phenoxy) is 2. The van der Waals surface area contributed by atoms with E-state index in [2.05, 4.69) is 24.8 Å². The molecule has 28 heavy (non-hydrogen) atoms. The molecule has 1 atom stereocenters. The summed E-state index contributed by atoms with van der Waals surface area (Å²) in [5.41, 5.74) is 3.48. The lowest BCUT2D eigenvalue weighted by Crippen LogP contribution is -2.17. The zero-order valence-corrected chi connectivity index (χ0v) is 16.3. The number of aromatic nitrogens is 6. The van der Waals surface area contributed by atoms with Crippen molar-refractivity contribution in [1.29, 1.82) is 0 Å². The first kappa shape index (κ1) is 17.1. The standard InChI is InChI=1S/C18H19N7O2S/c1-11-7-15(28-23-11)21-18-20-14-3-5-25(12-8-19-24(2)9-12)16(14)17(22-18)27-13-4-6-26-10-13/h3,5,7-9,13H,4,6,10H2,1-2H3,(H,20,21,22)/t13-/m1/s1. The summed E-state index contributed by atoms with van der Waals surface area (Å²) in [4.78, 5) is 9.33. The van der Waals surface area contributed by atoms with Gasteiger partial charge in [-0.3, -0.25) is 4.68 Å². The number of aryl methyl sites for hydroxylation is 2. The highest BCUT2D eigenvalue weighted by molar-refractivity contribution is 7.10. The summed E-state index contributed by atoms with van der Waals surface area (Å²) >= 11 is 1.38. The van der Waals surface area contributed by atoms with Gasteiger partial charge < -0.3 is 19.4 Å². The van der Waals surface area contributed by atoms with Crippen molar-refractivity contribution in [2.45, 2.75) is 19.4 Å². The van der Waals surface area contributed by atoms with Crippen molar-refractivity contribution in [1.82, 2.24) is 28.7 Å². The molecule has 1 aliphatic rings. The van der Waals surface area contributed by atoms with Crippen LogP contribution in [0.1, 0.15) is 12.1 Å². The van der Waals surface area contributed by atoms with Gasteiger partial charge in [0.25, 0.3) is 0 Å². The second-order valence-electron chi connectivity index (χ2n) is 6.71. The van der Waals surface area contributed by atoms with Crippen LogP contribution in [0, 0.1) is 6.92 Å². The van der Waals surface area contributed by atoms with Gasteiger partial charge in [0.15, 0.2) is 0 Å². The molecule has 0 spiro atoms. The van der Waals surface area contributed by atoms with Crippen LogP contribution in [0.2, 0.25) is 0 Å². The Balaban J connectivity index is 1.59.